The first-order valence-corrected chi connectivity index (χ1v) is 5.99. The van der Waals surface area contributed by atoms with Crippen LogP contribution in [0.4, 0.5) is 5.82 Å². The number of rotatable bonds is 3. The Balaban J connectivity index is 2.15. The molecule has 7 heteroatoms. The third kappa shape index (κ3) is 2.80. The molecular formula is C11H18N4O3. The van der Waals surface area contributed by atoms with Gasteiger partial charge in [0, 0.05) is 31.7 Å². The van der Waals surface area contributed by atoms with Gasteiger partial charge in [-0.05, 0) is 6.92 Å². The fraction of sp³-hybridized carbons (Fsp3) is 0.636. The second kappa shape index (κ2) is 5.36. The predicted molar refractivity (Wildman–Crippen MR) is 67.7 cm³/mol. The Kier molecular flexibility index (Phi) is 3.83. The number of hydrogen-bond donors (Lipinski definition) is 2. The molecule has 0 saturated carbocycles. The maximum Gasteiger partial charge on any atom is 0.330 e. The van der Waals surface area contributed by atoms with Gasteiger partial charge < -0.3 is 10.5 Å². The number of morpholine rings is 1. The molecule has 3 N–H and O–H groups in total. The van der Waals surface area contributed by atoms with Crippen LogP contribution in [-0.2, 0) is 4.74 Å². The molecule has 2 rings (SSSR count). The summed E-state index contributed by atoms with van der Waals surface area (Å²) < 4.78 is 6.68. The molecule has 0 aromatic carbocycles. The summed E-state index contributed by atoms with van der Waals surface area (Å²) >= 11 is 0. The van der Waals surface area contributed by atoms with Gasteiger partial charge in [0.15, 0.2) is 0 Å². The molecule has 1 fully saturated rings. The highest BCUT2D eigenvalue weighted by molar-refractivity contribution is 5.26. The number of nitrogen functional groups attached to an aromatic ring is 1. The van der Waals surface area contributed by atoms with Gasteiger partial charge in [0.05, 0.1) is 13.2 Å². The Morgan fingerprint density at radius 3 is 2.72 bits per heavy atom. The number of hydrogen-bond acceptors (Lipinski definition) is 5. The fourth-order valence-electron chi connectivity index (χ4n) is 2.22. The number of aromatic amines is 1. The van der Waals surface area contributed by atoms with Gasteiger partial charge in [0.25, 0.3) is 5.56 Å². The van der Waals surface area contributed by atoms with E-state index in [0.29, 0.717) is 19.8 Å². The molecule has 1 aromatic rings. The van der Waals surface area contributed by atoms with E-state index in [1.54, 1.807) is 0 Å². The average Bonchev–Trinajstić information content (AvgIpc) is 2.28. The molecule has 0 radical (unpaired) electrons. The Labute approximate surface area is 104 Å². The Bertz CT molecular complexity index is 516. The summed E-state index contributed by atoms with van der Waals surface area (Å²) in [5, 5.41) is 0. The SMILES string of the molecule is CC(CN1CCOCC1)n1c(N)cc(=O)[nH]c1=O. The number of aromatic nitrogens is 2. The second-order valence-electron chi connectivity index (χ2n) is 4.50. The Morgan fingerprint density at radius 2 is 2.11 bits per heavy atom. The third-order valence-corrected chi connectivity index (χ3v) is 3.07. The lowest BCUT2D eigenvalue weighted by Gasteiger charge is -2.30. The molecule has 1 aromatic heterocycles. The largest absolute Gasteiger partial charge is 0.385 e. The van der Waals surface area contributed by atoms with Gasteiger partial charge in [-0.15, -0.1) is 0 Å². The summed E-state index contributed by atoms with van der Waals surface area (Å²) in [5.74, 6) is 0.199. The Hall–Kier alpha value is -1.60. The number of nitrogens with zero attached hydrogens (tertiary/aromatic N) is 2. The summed E-state index contributed by atoms with van der Waals surface area (Å²) in [5.41, 5.74) is 4.80. The first-order valence-electron chi connectivity index (χ1n) is 5.99. The maximum absolute atomic E-state index is 11.7. The zero-order valence-electron chi connectivity index (χ0n) is 10.4. The molecule has 0 aliphatic carbocycles. The minimum atomic E-state index is -0.465. The summed E-state index contributed by atoms with van der Waals surface area (Å²) in [6, 6.07) is 1.14. The van der Waals surface area contributed by atoms with Gasteiger partial charge in [0.1, 0.15) is 5.82 Å². The monoisotopic (exact) mass is 254 g/mol. The smallest absolute Gasteiger partial charge is 0.330 e. The van der Waals surface area contributed by atoms with Crippen LogP contribution in [0, 0.1) is 0 Å². The molecule has 2 heterocycles. The highest BCUT2D eigenvalue weighted by Crippen LogP contribution is 2.10. The topological polar surface area (TPSA) is 93.3 Å². The zero-order chi connectivity index (χ0) is 13.1. The van der Waals surface area contributed by atoms with E-state index in [9.17, 15) is 9.59 Å². The molecule has 0 spiro atoms. The van der Waals surface area contributed by atoms with E-state index in [1.807, 2.05) is 6.92 Å². The van der Waals surface area contributed by atoms with Crippen LogP contribution >= 0.6 is 0 Å². The minimum absolute atomic E-state index is 0.0903. The van der Waals surface area contributed by atoms with Gasteiger partial charge in [-0.1, -0.05) is 0 Å². The van der Waals surface area contributed by atoms with Crippen LogP contribution in [0.1, 0.15) is 13.0 Å². The molecule has 1 atom stereocenters. The molecule has 1 unspecified atom stereocenters. The fourth-order valence-corrected chi connectivity index (χ4v) is 2.22. The normalized spacial score (nSPS) is 18.7. The van der Waals surface area contributed by atoms with Crippen molar-refractivity contribution in [1.29, 1.82) is 0 Å². The highest BCUT2D eigenvalue weighted by atomic mass is 16.5. The van der Waals surface area contributed by atoms with Crippen molar-refractivity contribution in [3.05, 3.63) is 26.9 Å². The van der Waals surface area contributed by atoms with Gasteiger partial charge in [-0.2, -0.15) is 0 Å². The van der Waals surface area contributed by atoms with Crippen LogP contribution in [0.15, 0.2) is 15.7 Å². The van der Waals surface area contributed by atoms with Crippen molar-refractivity contribution in [2.45, 2.75) is 13.0 Å². The molecule has 100 valence electrons. The summed E-state index contributed by atoms with van der Waals surface area (Å²) in [6.45, 7) is 5.74. The lowest BCUT2D eigenvalue weighted by atomic mass is 10.2. The van der Waals surface area contributed by atoms with Crippen LogP contribution in [0.3, 0.4) is 0 Å². The number of ether oxygens (including phenoxy) is 1. The molecule has 7 nitrogen and oxygen atoms in total. The van der Waals surface area contributed by atoms with E-state index >= 15 is 0 Å². The number of nitrogens with two attached hydrogens (primary N) is 1. The van der Waals surface area contributed by atoms with E-state index in [-0.39, 0.29) is 11.9 Å². The third-order valence-electron chi connectivity index (χ3n) is 3.07. The summed E-state index contributed by atoms with van der Waals surface area (Å²) in [7, 11) is 0. The standard InChI is InChI=1S/C11H18N4O3/c1-8(7-14-2-4-18-5-3-14)15-9(12)6-10(16)13-11(15)17/h6,8H,2-5,7,12H2,1H3,(H,13,16,17). The molecule has 0 bridgehead atoms. The van der Waals surface area contributed by atoms with Gasteiger partial charge in [0.2, 0.25) is 0 Å². The second-order valence-corrected chi connectivity index (χ2v) is 4.50. The van der Waals surface area contributed by atoms with Crippen LogP contribution in [-0.4, -0.2) is 47.3 Å². The molecular weight excluding hydrogens is 236 g/mol. The molecule has 1 aliphatic heterocycles. The van der Waals surface area contributed by atoms with Crippen LogP contribution in [0.25, 0.3) is 0 Å². The maximum atomic E-state index is 11.7. The van der Waals surface area contributed by atoms with E-state index in [4.69, 9.17) is 10.5 Å². The predicted octanol–water partition coefficient (Wildman–Crippen LogP) is -0.988. The molecule has 0 amide bonds. The van der Waals surface area contributed by atoms with E-state index < -0.39 is 11.2 Å². The minimum Gasteiger partial charge on any atom is -0.385 e. The summed E-state index contributed by atoms with van der Waals surface area (Å²) in [4.78, 5) is 27.3. The van der Waals surface area contributed by atoms with Crippen molar-refractivity contribution in [3.63, 3.8) is 0 Å². The van der Waals surface area contributed by atoms with Crippen molar-refractivity contribution >= 4 is 5.82 Å². The van der Waals surface area contributed by atoms with E-state index in [1.165, 1.54) is 10.6 Å². The van der Waals surface area contributed by atoms with Crippen LogP contribution in [0.2, 0.25) is 0 Å². The quantitative estimate of drug-likeness (QED) is 0.722. The summed E-state index contributed by atoms with van der Waals surface area (Å²) in [6.07, 6.45) is 0. The van der Waals surface area contributed by atoms with E-state index in [2.05, 4.69) is 9.88 Å². The van der Waals surface area contributed by atoms with Crippen LogP contribution in [0.5, 0.6) is 0 Å². The molecule has 1 aliphatic rings. The lowest BCUT2D eigenvalue weighted by molar-refractivity contribution is 0.0324. The average molecular weight is 254 g/mol. The van der Waals surface area contributed by atoms with Gasteiger partial charge in [-0.3, -0.25) is 19.2 Å². The van der Waals surface area contributed by atoms with Crippen LogP contribution < -0.4 is 17.0 Å². The van der Waals surface area contributed by atoms with Crippen molar-refractivity contribution in [2.75, 3.05) is 38.6 Å². The first kappa shape index (κ1) is 12.8. The van der Waals surface area contributed by atoms with Crippen molar-refractivity contribution in [2.24, 2.45) is 0 Å². The molecule has 1 saturated heterocycles. The van der Waals surface area contributed by atoms with Crippen molar-refractivity contribution < 1.29 is 4.74 Å². The highest BCUT2D eigenvalue weighted by Gasteiger charge is 2.17. The van der Waals surface area contributed by atoms with Gasteiger partial charge >= 0.3 is 5.69 Å². The van der Waals surface area contributed by atoms with Crippen molar-refractivity contribution in [3.8, 4) is 0 Å². The lowest BCUT2D eigenvalue weighted by Crippen LogP contribution is -2.42. The number of nitrogens with one attached hydrogen (secondary N) is 1. The Morgan fingerprint density at radius 1 is 1.44 bits per heavy atom. The van der Waals surface area contributed by atoms with Gasteiger partial charge in [-0.25, -0.2) is 4.79 Å². The zero-order valence-corrected chi connectivity index (χ0v) is 10.4. The number of anilines is 1. The molecule has 18 heavy (non-hydrogen) atoms. The first-order chi connectivity index (χ1) is 8.58. The van der Waals surface area contributed by atoms with E-state index in [0.717, 1.165) is 13.1 Å². The van der Waals surface area contributed by atoms with Crippen molar-refractivity contribution in [1.82, 2.24) is 14.5 Å². The number of H-pyrrole nitrogens is 1.